The highest BCUT2D eigenvalue weighted by molar-refractivity contribution is 9.10. The first-order valence-electron chi connectivity index (χ1n) is 5.99. The quantitative estimate of drug-likeness (QED) is 0.816. The zero-order valence-corrected chi connectivity index (χ0v) is 12.8. The number of benzene rings is 2. The van der Waals surface area contributed by atoms with Crippen molar-refractivity contribution in [2.24, 2.45) is 0 Å². The van der Waals surface area contributed by atoms with Crippen LogP contribution in [0.3, 0.4) is 0 Å². The lowest BCUT2D eigenvalue weighted by Gasteiger charge is -2.15. The highest BCUT2D eigenvalue weighted by atomic mass is 79.9. The molecule has 19 heavy (non-hydrogen) atoms. The Morgan fingerprint density at radius 1 is 1.26 bits per heavy atom. The smallest absolute Gasteiger partial charge is 0.129 e. The van der Waals surface area contributed by atoms with Crippen LogP contribution < -0.4 is 5.32 Å². The number of hydrogen-bond acceptors (Lipinski definition) is 1. The van der Waals surface area contributed by atoms with Crippen LogP contribution in [-0.2, 0) is 6.54 Å². The Balaban J connectivity index is 2.02. The summed E-state index contributed by atoms with van der Waals surface area (Å²) in [6.45, 7) is 2.52. The van der Waals surface area contributed by atoms with Crippen molar-refractivity contribution in [3.8, 4) is 0 Å². The SMILES string of the molecule is C[C@H](NCc1ccc(Cl)cc1F)c1cccc(Br)c1. The largest absolute Gasteiger partial charge is 0.306 e. The minimum absolute atomic E-state index is 0.146. The average Bonchev–Trinajstić information content (AvgIpc) is 2.37. The van der Waals surface area contributed by atoms with Crippen molar-refractivity contribution in [2.45, 2.75) is 19.5 Å². The van der Waals surface area contributed by atoms with Crippen molar-refractivity contribution in [3.05, 3.63) is 68.9 Å². The van der Waals surface area contributed by atoms with Crippen LogP contribution in [0.1, 0.15) is 24.1 Å². The van der Waals surface area contributed by atoms with Crippen LogP contribution in [0, 0.1) is 5.82 Å². The fourth-order valence-corrected chi connectivity index (χ4v) is 2.40. The minimum Gasteiger partial charge on any atom is -0.306 e. The summed E-state index contributed by atoms with van der Waals surface area (Å²) in [4.78, 5) is 0. The van der Waals surface area contributed by atoms with E-state index in [0.29, 0.717) is 17.1 Å². The van der Waals surface area contributed by atoms with Crippen LogP contribution in [0.15, 0.2) is 46.9 Å². The van der Waals surface area contributed by atoms with E-state index >= 15 is 0 Å². The van der Waals surface area contributed by atoms with E-state index < -0.39 is 0 Å². The van der Waals surface area contributed by atoms with Gasteiger partial charge in [-0.25, -0.2) is 4.39 Å². The summed E-state index contributed by atoms with van der Waals surface area (Å²) in [5, 5.41) is 3.72. The molecule has 0 saturated heterocycles. The molecule has 0 aliphatic rings. The Hall–Kier alpha value is -0.900. The second-order valence-electron chi connectivity index (χ2n) is 4.39. The molecule has 2 aromatic carbocycles. The summed E-state index contributed by atoms with van der Waals surface area (Å²) < 4.78 is 14.7. The van der Waals surface area contributed by atoms with Crippen molar-refractivity contribution < 1.29 is 4.39 Å². The van der Waals surface area contributed by atoms with Crippen LogP contribution in [0.4, 0.5) is 4.39 Å². The van der Waals surface area contributed by atoms with Gasteiger partial charge < -0.3 is 5.32 Å². The normalized spacial score (nSPS) is 12.4. The van der Waals surface area contributed by atoms with Gasteiger partial charge in [-0.3, -0.25) is 0 Å². The van der Waals surface area contributed by atoms with Crippen LogP contribution >= 0.6 is 27.5 Å². The van der Waals surface area contributed by atoms with E-state index in [1.807, 2.05) is 18.2 Å². The zero-order valence-electron chi connectivity index (χ0n) is 10.5. The molecule has 0 aromatic heterocycles. The van der Waals surface area contributed by atoms with Crippen LogP contribution in [0.25, 0.3) is 0 Å². The van der Waals surface area contributed by atoms with E-state index in [1.54, 1.807) is 12.1 Å². The predicted octanol–water partition coefficient (Wildman–Crippen LogP) is 5.09. The molecule has 0 aliphatic carbocycles. The molecular formula is C15H14BrClFN. The number of halogens is 3. The van der Waals surface area contributed by atoms with Gasteiger partial charge in [0, 0.05) is 27.6 Å². The lowest BCUT2D eigenvalue weighted by Crippen LogP contribution is -2.18. The highest BCUT2D eigenvalue weighted by Gasteiger charge is 2.07. The summed E-state index contributed by atoms with van der Waals surface area (Å²) in [5.74, 6) is -0.276. The number of hydrogen-bond donors (Lipinski definition) is 1. The molecule has 2 rings (SSSR count). The fraction of sp³-hybridized carbons (Fsp3) is 0.200. The summed E-state index contributed by atoms with van der Waals surface area (Å²) in [5.41, 5.74) is 1.77. The summed E-state index contributed by atoms with van der Waals surface area (Å²) in [6, 6.07) is 12.9. The van der Waals surface area contributed by atoms with E-state index in [2.05, 4.69) is 34.2 Å². The minimum atomic E-state index is -0.276. The van der Waals surface area contributed by atoms with Gasteiger partial charge >= 0.3 is 0 Å². The standard InChI is InChI=1S/C15H14BrClFN/c1-10(11-3-2-4-13(16)7-11)19-9-12-5-6-14(17)8-15(12)18/h2-8,10,19H,9H2,1H3/t10-/m0/s1. The number of nitrogens with one attached hydrogen (secondary N) is 1. The van der Waals surface area contributed by atoms with Crippen molar-refractivity contribution in [1.82, 2.24) is 5.32 Å². The maximum absolute atomic E-state index is 13.6. The van der Waals surface area contributed by atoms with E-state index in [-0.39, 0.29) is 11.9 Å². The molecule has 0 aliphatic heterocycles. The Morgan fingerprint density at radius 2 is 2.05 bits per heavy atom. The molecule has 0 heterocycles. The Kier molecular flexibility index (Phi) is 4.97. The molecular weight excluding hydrogens is 329 g/mol. The molecule has 0 saturated carbocycles. The Labute approximate surface area is 125 Å². The van der Waals surface area contributed by atoms with E-state index in [4.69, 9.17) is 11.6 Å². The number of rotatable bonds is 4. The third kappa shape index (κ3) is 4.03. The maximum atomic E-state index is 13.6. The molecule has 1 N–H and O–H groups in total. The molecule has 0 fully saturated rings. The van der Waals surface area contributed by atoms with Gasteiger partial charge in [0.1, 0.15) is 5.82 Å². The Morgan fingerprint density at radius 3 is 2.74 bits per heavy atom. The predicted molar refractivity (Wildman–Crippen MR) is 80.8 cm³/mol. The molecule has 4 heteroatoms. The van der Waals surface area contributed by atoms with Gasteiger partial charge in [0.05, 0.1) is 0 Å². The lowest BCUT2D eigenvalue weighted by atomic mass is 10.1. The van der Waals surface area contributed by atoms with Gasteiger partial charge in [-0.15, -0.1) is 0 Å². The van der Waals surface area contributed by atoms with Crippen molar-refractivity contribution >= 4 is 27.5 Å². The average molecular weight is 343 g/mol. The van der Waals surface area contributed by atoms with E-state index in [1.165, 1.54) is 6.07 Å². The van der Waals surface area contributed by atoms with Gasteiger partial charge in [0.15, 0.2) is 0 Å². The van der Waals surface area contributed by atoms with Gasteiger partial charge in [-0.2, -0.15) is 0 Å². The first-order chi connectivity index (χ1) is 9.06. The molecule has 1 atom stereocenters. The highest BCUT2D eigenvalue weighted by Crippen LogP contribution is 2.19. The van der Waals surface area contributed by atoms with Crippen molar-refractivity contribution in [1.29, 1.82) is 0 Å². The van der Waals surface area contributed by atoms with Gasteiger partial charge in [-0.1, -0.05) is 45.7 Å². The molecule has 0 amide bonds. The maximum Gasteiger partial charge on any atom is 0.129 e. The lowest BCUT2D eigenvalue weighted by molar-refractivity contribution is 0.544. The van der Waals surface area contributed by atoms with Crippen molar-refractivity contribution in [3.63, 3.8) is 0 Å². The molecule has 0 radical (unpaired) electrons. The van der Waals surface area contributed by atoms with E-state index in [0.717, 1.165) is 10.0 Å². The zero-order chi connectivity index (χ0) is 13.8. The van der Waals surface area contributed by atoms with Crippen LogP contribution in [-0.4, -0.2) is 0 Å². The fourth-order valence-electron chi connectivity index (χ4n) is 1.82. The van der Waals surface area contributed by atoms with E-state index in [9.17, 15) is 4.39 Å². The summed E-state index contributed by atoms with van der Waals surface area (Å²) in [7, 11) is 0. The van der Waals surface area contributed by atoms with Crippen LogP contribution in [0.5, 0.6) is 0 Å². The van der Waals surface area contributed by atoms with Crippen molar-refractivity contribution in [2.75, 3.05) is 0 Å². The summed E-state index contributed by atoms with van der Waals surface area (Å²) in [6.07, 6.45) is 0. The molecule has 0 spiro atoms. The Bertz CT molecular complexity index is 574. The molecule has 0 bridgehead atoms. The third-order valence-corrected chi connectivity index (χ3v) is 3.69. The van der Waals surface area contributed by atoms with Gasteiger partial charge in [-0.05, 0) is 36.8 Å². The summed E-state index contributed by atoms with van der Waals surface area (Å²) >= 11 is 9.17. The topological polar surface area (TPSA) is 12.0 Å². The third-order valence-electron chi connectivity index (χ3n) is 2.96. The molecule has 100 valence electrons. The monoisotopic (exact) mass is 341 g/mol. The first kappa shape index (κ1) is 14.5. The molecule has 1 nitrogen and oxygen atoms in total. The first-order valence-corrected chi connectivity index (χ1v) is 7.16. The van der Waals surface area contributed by atoms with Gasteiger partial charge in [0.25, 0.3) is 0 Å². The van der Waals surface area contributed by atoms with Crippen LogP contribution in [0.2, 0.25) is 5.02 Å². The van der Waals surface area contributed by atoms with Gasteiger partial charge in [0.2, 0.25) is 0 Å². The second-order valence-corrected chi connectivity index (χ2v) is 5.75. The molecule has 0 unspecified atom stereocenters. The molecule has 2 aromatic rings. The second kappa shape index (κ2) is 6.51.